The Morgan fingerprint density at radius 2 is 1.66 bits per heavy atom. The van der Waals surface area contributed by atoms with Crippen molar-refractivity contribution in [3.63, 3.8) is 0 Å². The summed E-state index contributed by atoms with van der Waals surface area (Å²) in [6.07, 6.45) is 3.04. The van der Waals surface area contributed by atoms with Crippen molar-refractivity contribution in [1.82, 2.24) is 15.3 Å². The van der Waals surface area contributed by atoms with E-state index in [0.29, 0.717) is 37.1 Å². The van der Waals surface area contributed by atoms with Gasteiger partial charge in [0.25, 0.3) is 17.7 Å². The molecular weight excluding hydrogens is 477 g/mol. The van der Waals surface area contributed by atoms with Crippen molar-refractivity contribution < 1.29 is 23.5 Å². The summed E-state index contributed by atoms with van der Waals surface area (Å²) in [4.78, 5) is 44.4. The van der Waals surface area contributed by atoms with E-state index in [1.54, 1.807) is 24.3 Å². The van der Waals surface area contributed by atoms with Gasteiger partial charge >= 0.3 is 0 Å². The van der Waals surface area contributed by atoms with Crippen LogP contribution >= 0.6 is 11.6 Å². The van der Waals surface area contributed by atoms with Gasteiger partial charge in [-0.3, -0.25) is 14.4 Å². The second-order valence-electron chi connectivity index (χ2n) is 8.00. The molecule has 0 spiro atoms. The molecular formula is C24H23ClFN5O4. The molecule has 4 N–H and O–H groups in total. The largest absolute Gasteiger partial charge is 0.381 e. The van der Waals surface area contributed by atoms with E-state index in [1.807, 2.05) is 0 Å². The maximum absolute atomic E-state index is 13.2. The average molecular weight is 500 g/mol. The summed E-state index contributed by atoms with van der Waals surface area (Å²) in [7, 11) is 0. The molecule has 11 heteroatoms. The maximum Gasteiger partial charge on any atom is 0.274 e. The lowest BCUT2D eigenvalue weighted by Crippen LogP contribution is -2.33. The van der Waals surface area contributed by atoms with Crippen LogP contribution in [0.3, 0.4) is 0 Å². The summed E-state index contributed by atoms with van der Waals surface area (Å²) in [5.74, 6) is -1.67. The molecule has 1 saturated heterocycles. The van der Waals surface area contributed by atoms with Crippen molar-refractivity contribution in [2.24, 2.45) is 5.92 Å². The van der Waals surface area contributed by atoms with Gasteiger partial charge in [0, 0.05) is 31.1 Å². The summed E-state index contributed by atoms with van der Waals surface area (Å²) >= 11 is 5.93. The van der Waals surface area contributed by atoms with Gasteiger partial charge in [0.2, 0.25) is 0 Å². The van der Waals surface area contributed by atoms with Crippen molar-refractivity contribution in [3.8, 4) is 0 Å². The third-order valence-electron chi connectivity index (χ3n) is 5.55. The first-order chi connectivity index (χ1) is 16.9. The van der Waals surface area contributed by atoms with Crippen LogP contribution in [0, 0.1) is 11.7 Å². The van der Waals surface area contributed by atoms with Crippen molar-refractivity contribution in [2.75, 3.05) is 30.4 Å². The molecule has 0 aliphatic carbocycles. The first-order valence-electron chi connectivity index (χ1n) is 11.0. The number of imidazole rings is 1. The Kier molecular flexibility index (Phi) is 7.74. The van der Waals surface area contributed by atoms with Crippen molar-refractivity contribution in [2.45, 2.75) is 12.8 Å². The maximum atomic E-state index is 13.2. The molecule has 182 valence electrons. The number of carbonyl (C=O) groups excluding carboxylic acids is 3. The van der Waals surface area contributed by atoms with Crippen LogP contribution in [0.4, 0.5) is 15.8 Å². The highest BCUT2D eigenvalue weighted by Gasteiger charge is 2.22. The number of amides is 3. The number of H-pyrrole nitrogens is 1. The number of nitrogens with one attached hydrogen (secondary N) is 4. The Morgan fingerprint density at radius 1 is 1.00 bits per heavy atom. The van der Waals surface area contributed by atoms with Crippen LogP contribution in [-0.4, -0.2) is 47.4 Å². The highest BCUT2D eigenvalue weighted by Crippen LogP contribution is 2.20. The number of hydrogen-bond donors (Lipinski definition) is 4. The molecule has 3 amide bonds. The number of aromatic nitrogens is 2. The summed E-state index contributed by atoms with van der Waals surface area (Å²) in [6, 6.07) is 9.84. The third-order valence-corrected chi connectivity index (χ3v) is 5.86. The zero-order valence-corrected chi connectivity index (χ0v) is 19.3. The van der Waals surface area contributed by atoms with Crippen molar-refractivity contribution >= 4 is 40.7 Å². The lowest BCUT2D eigenvalue weighted by Gasteiger charge is -2.21. The predicted molar refractivity (Wildman–Crippen MR) is 128 cm³/mol. The zero-order valence-electron chi connectivity index (χ0n) is 18.6. The fourth-order valence-corrected chi connectivity index (χ4v) is 3.87. The molecule has 9 nitrogen and oxygen atoms in total. The Morgan fingerprint density at radius 3 is 2.31 bits per heavy atom. The minimum atomic E-state index is -0.538. The Hall–Kier alpha value is -3.76. The number of hydrogen-bond acceptors (Lipinski definition) is 5. The monoisotopic (exact) mass is 499 g/mol. The van der Waals surface area contributed by atoms with Gasteiger partial charge in [0.05, 0.1) is 16.9 Å². The molecule has 0 saturated carbocycles. The smallest absolute Gasteiger partial charge is 0.274 e. The van der Waals surface area contributed by atoms with Gasteiger partial charge in [-0.25, -0.2) is 9.37 Å². The number of rotatable bonds is 7. The molecule has 0 radical (unpaired) electrons. The van der Waals surface area contributed by atoms with E-state index in [2.05, 4.69) is 25.9 Å². The van der Waals surface area contributed by atoms with Gasteiger partial charge in [-0.05, 0) is 61.2 Å². The first-order valence-corrected chi connectivity index (χ1v) is 11.4. The van der Waals surface area contributed by atoms with E-state index in [-0.39, 0.29) is 22.0 Å². The fourth-order valence-electron chi connectivity index (χ4n) is 3.61. The quantitative estimate of drug-likeness (QED) is 0.393. The highest BCUT2D eigenvalue weighted by atomic mass is 35.5. The van der Waals surface area contributed by atoms with E-state index >= 15 is 0 Å². The molecule has 0 bridgehead atoms. The summed E-state index contributed by atoms with van der Waals surface area (Å²) in [5.41, 5.74) is 1.07. The Labute approximate surface area is 205 Å². The van der Waals surface area contributed by atoms with Crippen LogP contribution in [0.25, 0.3) is 0 Å². The van der Waals surface area contributed by atoms with Crippen LogP contribution in [0.15, 0.2) is 48.8 Å². The van der Waals surface area contributed by atoms with Crippen LogP contribution in [-0.2, 0) is 4.74 Å². The lowest BCUT2D eigenvalue weighted by molar-refractivity contribution is 0.0642. The van der Waals surface area contributed by atoms with Gasteiger partial charge in [-0.15, -0.1) is 0 Å². The van der Waals surface area contributed by atoms with Gasteiger partial charge < -0.3 is 25.7 Å². The molecule has 35 heavy (non-hydrogen) atoms. The number of aromatic amines is 1. The number of carbonyl (C=O) groups is 3. The highest BCUT2D eigenvalue weighted by molar-refractivity contribution is 6.34. The SMILES string of the molecule is O=C(Nc1ccc(NC(=O)c2[nH]cnc2C(=O)NCC2CCOCC2)cc1)c1ccc(F)cc1Cl. The predicted octanol–water partition coefficient (Wildman–Crippen LogP) is 3.86. The topological polar surface area (TPSA) is 125 Å². The molecule has 1 aliphatic rings. The first kappa shape index (κ1) is 24.4. The standard InChI is InChI=1S/C24H23ClFN5O4/c25-19-11-15(26)1-6-18(19)22(32)30-16-2-4-17(5-3-16)31-24(34)21-20(28-13-29-21)23(33)27-12-14-7-9-35-10-8-14/h1-6,11,13-14H,7-10,12H2,(H,27,33)(H,28,29)(H,30,32)(H,31,34). The molecule has 3 aromatic rings. The second-order valence-corrected chi connectivity index (χ2v) is 8.41. The third kappa shape index (κ3) is 6.23. The molecule has 0 atom stereocenters. The second kappa shape index (κ2) is 11.1. The summed E-state index contributed by atoms with van der Waals surface area (Å²) < 4.78 is 18.5. The molecule has 0 unspecified atom stereocenters. The van der Waals surface area contributed by atoms with Crippen molar-refractivity contribution in [1.29, 1.82) is 0 Å². The van der Waals surface area contributed by atoms with Crippen LogP contribution < -0.4 is 16.0 Å². The molecule has 1 aliphatic heterocycles. The van der Waals surface area contributed by atoms with Crippen LogP contribution in [0.2, 0.25) is 5.02 Å². The summed E-state index contributed by atoms with van der Waals surface area (Å²) in [6.45, 7) is 1.85. The van der Waals surface area contributed by atoms with Crippen LogP contribution in [0.5, 0.6) is 0 Å². The number of nitrogens with zero attached hydrogens (tertiary/aromatic N) is 1. The van der Waals surface area contributed by atoms with Gasteiger partial charge in [0.1, 0.15) is 11.5 Å². The lowest BCUT2D eigenvalue weighted by atomic mass is 10.0. The van der Waals surface area contributed by atoms with E-state index in [1.165, 1.54) is 12.4 Å². The minimum absolute atomic E-state index is 0.00135. The van der Waals surface area contributed by atoms with Crippen LogP contribution in [0.1, 0.15) is 44.2 Å². The number of halogens is 2. The Balaban J connectivity index is 1.34. The van der Waals surface area contributed by atoms with Gasteiger partial charge in [-0.2, -0.15) is 0 Å². The van der Waals surface area contributed by atoms with Crippen molar-refractivity contribution in [3.05, 3.63) is 76.6 Å². The van der Waals surface area contributed by atoms with E-state index in [0.717, 1.165) is 25.0 Å². The van der Waals surface area contributed by atoms with E-state index < -0.39 is 23.5 Å². The minimum Gasteiger partial charge on any atom is -0.381 e. The Bertz CT molecular complexity index is 1220. The molecule has 2 heterocycles. The summed E-state index contributed by atoms with van der Waals surface area (Å²) in [5, 5.41) is 8.18. The van der Waals surface area contributed by atoms with Gasteiger partial charge in [-0.1, -0.05) is 11.6 Å². The fraction of sp³-hybridized carbons (Fsp3) is 0.250. The normalized spacial score (nSPS) is 13.8. The van der Waals surface area contributed by atoms with Gasteiger partial charge in [0.15, 0.2) is 5.69 Å². The number of benzene rings is 2. The number of ether oxygens (including phenoxy) is 1. The van der Waals surface area contributed by atoms with E-state index in [4.69, 9.17) is 16.3 Å². The molecule has 1 fully saturated rings. The molecule has 4 rings (SSSR count). The molecule has 1 aromatic heterocycles. The van der Waals surface area contributed by atoms with E-state index in [9.17, 15) is 18.8 Å². The molecule has 2 aromatic carbocycles. The zero-order chi connectivity index (χ0) is 24.8. The average Bonchev–Trinajstić information content (AvgIpc) is 3.35. The number of anilines is 2.